The Labute approximate surface area is 82.1 Å². The maximum absolute atomic E-state index is 11.3. The van der Waals surface area contributed by atoms with Gasteiger partial charge >= 0.3 is 6.74 Å². The summed E-state index contributed by atoms with van der Waals surface area (Å²) in [7, 11) is 9.34. The van der Waals surface area contributed by atoms with Crippen LogP contribution in [0.25, 0.3) is 0 Å². The van der Waals surface area contributed by atoms with Gasteiger partial charge in [-0.15, -0.1) is 0 Å². The molecule has 0 fully saturated rings. The molecule has 2 nitrogen and oxygen atoms in total. The molecule has 0 aromatic carbocycles. The zero-order chi connectivity index (χ0) is 10.6. The van der Waals surface area contributed by atoms with Gasteiger partial charge in [0, 0.05) is 6.32 Å². The van der Waals surface area contributed by atoms with Gasteiger partial charge in [0.05, 0.1) is 14.1 Å². The van der Waals surface area contributed by atoms with Crippen LogP contribution in [-0.2, 0) is 4.79 Å². The number of hydrogen-bond acceptors (Lipinski definition) is 1. The van der Waals surface area contributed by atoms with E-state index in [0.29, 0.717) is 5.57 Å². The maximum atomic E-state index is 11.3. The molecule has 0 aliphatic heterocycles. The van der Waals surface area contributed by atoms with Crippen LogP contribution in [0.4, 0.5) is 0 Å². The minimum Gasteiger partial charge on any atom is -0.328 e. The molecule has 0 rings (SSSR count). The molecule has 0 heterocycles. The van der Waals surface area contributed by atoms with Gasteiger partial charge in [-0.2, -0.15) is 0 Å². The molecule has 0 saturated carbocycles. The van der Waals surface area contributed by atoms with Crippen LogP contribution in [0.15, 0.2) is 12.2 Å². The average Bonchev–Trinajstić information content (AvgIpc) is 2.04. The van der Waals surface area contributed by atoms with Crippen molar-refractivity contribution >= 4 is 20.3 Å². The van der Waals surface area contributed by atoms with Crippen molar-refractivity contribution in [3.05, 3.63) is 12.2 Å². The Hall–Kier alpha value is -0.940. The van der Waals surface area contributed by atoms with Gasteiger partial charge in [-0.3, -0.25) is 4.79 Å². The highest BCUT2D eigenvalue weighted by Gasteiger charge is 2.30. The number of rotatable bonds is 4. The molecular formula is C9H14B2NO+. The third kappa shape index (κ3) is 3.52. The number of allylic oxidation sites excluding steroid dienone is 1. The topological polar surface area (TPSA) is 17.1 Å². The van der Waals surface area contributed by atoms with E-state index in [1.165, 1.54) is 0 Å². The van der Waals surface area contributed by atoms with Crippen LogP contribution in [0.1, 0.15) is 6.92 Å². The van der Waals surface area contributed by atoms with E-state index in [1.54, 1.807) is 21.0 Å². The van der Waals surface area contributed by atoms with Gasteiger partial charge in [0.2, 0.25) is 0 Å². The van der Waals surface area contributed by atoms with Gasteiger partial charge in [-0.1, -0.05) is 13.0 Å². The van der Waals surface area contributed by atoms with Crippen LogP contribution in [0.2, 0.25) is 6.32 Å². The van der Waals surface area contributed by atoms with Crippen molar-refractivity contribution in [3.63, 3.8) is 0 Å². The molecule has 0 atom stereocenters. The number of ketones is 1. The fraction of sp³-hybridized carbons (Fsp3) is 0.444. The summed E-state index contributed by atoms with van der Waals surface area (Å²) in [5.74, 6) is -0.0334. The third-order valence-corrected chi connectivity index (χ3v) is 2.03. The first-order chi connectivity index (χ1) is 5.81. The highest BCUT2D eigenvalue weighted by molar-refractivity contribution is 7.00. The zero-order valence-corrected chi connectivity index (χ0v) is 8.50. The second-order valence-electron chi connectivity index (χ2n) is 3.64. The predicted octanol–water partition coefficient (Wildman–Crippen LogP) is 0.455. The molecule has 0 unspecified atom stereocenters. The molecule has 0 amide bonds. The molecule has 0 spiro atoms. The van der Waals surface area contributed by atoms with E-state index in [0.717, 1.165) is 0 Å². The number of nitrogens with zero attached hydrogens (tertiary/aromatic N) is 1. The smallest absolute Gasteiger partial charge is 0.328 e. The summed E-state index contributed by atoms with van der Waals surface area (Å²) in [6.07, 6.45) is 5.51. The Bertz CT molecular complexity index is 265. The van der Waals surface area contributed by atoms with E-state index in [1.807, 2.05) is 0 Å². The molecule has 13 heavy (non-hydrogen) atoms. The summed E-state index contributed by atoms with van der Waals surface area (Å²) in [6, 6.07) is 2.52. The summed E-state index contributed by atoms with van der Waals surface area (Å²) < 4.78 is 0.193. The second kappa shape index (κ2) is 4.34. The van der Waals surface area contributed by atoms with E-state index >= 15 is 0 Å². The first kappa shape index (κ1) is 12.1. The van der Waals surface area contributed by atoms with Crippen LogP contribution >= 0.6 is 0 Å². The van der Waals surface area contributed by atoms with Crippen molar-refractivity contribution in [2.75, 3.05) is 14.1 Å². The van der Waals surface area contributed by atoms with Crippen LogP contribution < -0.4 is 0 Å². The molecule has 66 valence electrons. The van der Waals surface area contributed by atoms with E-state index < -0.39 is 0 Å². The highest BCUT2D eigenvalue weighted by atomic mass is 16.1. The standard InChI is InChI=1S/C9H14B2NO/c1-6-12(4,5)11(10)7-9(13)8(2)3/h1H,2,7H2,3-5H3/q+1. The SMILES string of the molecule is [B]B(CC(=O)C(=C)C)[N+](C)(C)C#C. The lowest BCUT2D eigenvalue weighted by atomic mass is 9.37. The van der Waals surface area contributed by atoms with Gasteiger partial charge in [-0.05, 0) is 12.5 Å². The van der Waals surface area contributed by atoms with Gasteiger partial charge < -0.3 is 4.39 Å². The van der Waals surface area contributed by atoms with Crippen molar-refractivity contribution in [1.29, 1.82) is 0 Å². The molecule has 0 saturated heterocycles. The molecule has 2 radical (unpaired) electrons. The molecule has 0 aromatic rings. The fourth-order valence-corrected chi connectivity index (χ4v) is 0.688. The Balaban J connectivity index is 4.34. The van der Waals surface area contributed by atoms with Gasteiger partial charge in [0.25, 0.3) is 0 Å². The quantitative estimate of drug-likeness (QED) is 0.343. The molecule has 0 bridgehead atoms. The summed E-state index contributed by atoms with van der Waals surface area (Å²) >= 11 is 0. The summed E-state index contributed by atoms with van der Waals surface area (Å²) in [5.41, 5.74) is 0.521. The first-order valence-corrected chi connectivity index (χ1v) is 4.07. The van der Waals surface area contributed by atoms with Gasteiger partial charge in [0.1, 0.15) is 13.8 Å². The first-order valence-electron chi connectivity index (χ1n) is 4.07. The lowest BCUT2D eigenvalue weighted by Crippen LogP contribution is -2.50. The molecule has 0 aliphatic rings. The van der Waals surface area contributed by atoms with E-state index in [4.69, 9.17) is 14.2 Å². The van der Waals surface area contributed by atoms with Crippen molar-refractivity contribution in [3.8, 4) is 12.5 Å². The minimum absolute atomic E-state index is 0.0334. The Morgan fingerprint density at radius 3 is 2.46 bits per heavy atom. The summed E-state index contributed by atoms with van der Waals surface area (Å²) in [5, 5.41) is 0. The number of Topliss-reactive ketones (excluding diaryl/α,β-unsaturated/α-hetero) is 1. The second-order valence-corrected chi connectivity index (χ2v) is 3.64. The Morgan fingerprint density at radius 2 is 2.15 bits per heavy atom. The normalized spacial score (nSPS) is 10.3. The molecule has 0 N–H and O–H groups in total. The molecular weight excluding hydrogens is 160 g/mol. The van der Waals surface area contributed by atoms with E-state index in [9.17, 15) is 4.79 Å². The minimum atomic E-state index is -0.366. The highest BCUT2D eigenvalue weighted by Crippen LogP contribution is 2.06. The zero-order valence-electron chi connectivity index (χ0n) is 8.50. The van der Waals surface area contributed by atoms with E-state index in [-0.39, 0.29) is 23.2 Å². The van der Waals surface area contributed by atoms with Gasteiger partial charge in [-0.25, -0.2) is 0 Å². The van der Waals surface area contributed by atoms with Crippen LogP contribution in [-0.4, -0.2) is 38.7 Å². The monoisotopic (exact) mass is 174 g/mol. The fourth-order valence-electron chi connectivity index (χ4n) is 0.688. The predicted molar refractivity (Wildman–Crippen MR) is 57.1 cm³/mol. The van der Waals surface area contributed by atoms with Crippen LogP contribution in [0.5, 0.6) is 0 Å². The van der Waals surface area contributed by atoms with Crippen molar-refractivity contribution < 1.29 is 9.19 Å². The average molecular weight is 174 g/mol. The Morgan fingerprint density at radius 1 is 1.69 bits per heavy atom. The molecule has 0 aliphatic carbocycles. The lowest BCUT2D eigenvalue weighted by Gasteiger charge is -2.26. The van der Waals surface area contributed by atoms with Crippen molar-refractivity contribution in [1.82, 2.24) is 0 Å². The largest absolute Gasteiger partial charge is 0.360 e. The summed E-state index contributed by atoms with van der Waals surface area (Å²) in [6.45, 7) is 4.86. The van der Waals surface area contributed by atoms with Crippen molar-refractivity contribution in [2.45, 2.75) is 13.2 Å². The summed E-state index contributed by atoms with van der Waals surface area (Å²) in [4.78, 5) is 11.3. The van der Waals surface area contributed by atoms with Crippen LogP contribution in [0.3, 0.4) is 0 Å². The van der Waals surface area contributed by atoms with Gasteiger partial charge in [0.15, 0.2) is 5.78 Å². The molecule has 4 heteroatoms. The maximum Gasteiger partial charge on any atom is 0.360 e. The number of terminal acetylenes is 1. The number of carbonyl (C=O) groups is 1. The lowest BCUT2D eigenvalue weighted by molar-refractivity contribution is -0.705. The number of carbonyl (C=O) groups excluding carboxylic acids is 1. The Kier molecular flexibility index (Phi) is 4.03. The molecule has 0 aromatic heterocycles. The number of quaternary nitrogens is 1. The van der Waals surface area contributed by atoms with E-state index in [2.05, 4.69) is 12.6 Å². The van der Waals surface area contributed by atoms with Crippen LogP contribution in [0, 0.1) is 12.5 Å². The third-order valence-electron chi connectivity index (χ3n) is 2.03. The van der Waals surface area contributed by atoms with Crippen molar-refractivity contribution in [2.24, 2.45) is 0 Å². The number of hydrogen-bond donors (Lipinski definition) is 0.